The Balaban J connectivity index is 2.33. The first-order valence-electron chi connectivity index (χ1n) is 4.98. The van der Waals surface area contributed by atoms with Crippen LogP contribution in [0.25, 0.3) is 0 Å². The summed E-state index contributed by atoms with van der Waals surface area (Å²) in [7, 11) is 0. The van der Waals surface area contributed by atoms with E-state index in [4.69, 9.17) is 5.73 Å². The van der Waals surface area contributed by atoms with Gasteiger partial charge in [0.2, 0.25) is 0 Å². The first kappa shape index (κ1) is 8.75. The first-order valence-corrected chi connectivity index (χ1v) is 4.98. The van der Waals surface area contributed by atoms with Gasteiger partial charge in [0.25, 0.3) is 0 Å². The Kier molecular flexibility index (Phi) is 2.12. The molecule has 0 aliphatic carbocycles. The van der Waals surface area contributed by atoms with Crippen molar-refractivity contribution >= 4 is 0 Å². The molecule has 1 aromatic heterocycles. The van der Waals surface area contributed by atoms with Gasteiger partial charge < -0.3 is 10.3 Å². The van der Waals surface area contributed by atoms with Gasteiger partial charge in [-0.3, -0.25) is 0 Å². The lowest BCUT2D eigenvalue weighted by atomic mass is 9.98. The summed E-state index contributed by atoms with van der Waals surface area (Å²) >= 11 is 0. The molecule has 3 nitrogen and oxygen atoms in total. The van der Waals surface area contributed by atoms with E-state index in [9.17, 15) is 0 Å². The second-order valence-corrected chi connectivity index (χ2v) is 4.16. The van der Waals surface area contributed by atoms with E-state index in [1.807, 2.05) is 13.3 Å². The largest absolute Gasteiger partial charge is 0.334 e. The number of rotatable bonds is 1. The minimum atomic E-state index is 0.0738. The van der Waals surface area contributed by atoms with Crippen LogP contribution in [0, 0.1) is 5.92 Å². The molecule has 2 heterocycles. The van der Waals surface area contributed by atoms with Gasteiger partial charge in [-0.05, 0) is 25.7 Å². The molecule has 0 amide bonds. The number of imidazole rings is 1. The second kappa shape index (κ2) is 3.14. The SMILES string of the molecule is CC1CCc2c(C(C)N)ncn2C1. The summed E-state index contributed by atoms with van der Waals surface area (Å²) in [4.78, 5) is 4.37. The predicted molar refractivity (Wildman–Crippen MR) is 52.3 cm³/mol. The van der Waals surface area contributed by atoms with Crippen LogP contribution in [-0.2, 0) is 13.0 Å². The van der Waals surface area contributed by atoms with Crippen molar-refractivity contribution in [3.05, 3.63) is 17.7 Å². The van der Waals surface area contributed by atoms with Crippen LogP contribution in [0.1, 0.15) is 37.7 Å². The van der Waals surface area contributed by atoms with Crippen LogP contribution >= 0.6 is 0 Å². The number of nitrogens with zero attached hydrogens (tertiary/aromatic N) is 2. The van der Waals surface area contributed by atoms with Crippen LogP contribution in [0.4, 0.5) is 0 Å². The van der Waals surface area contributed by atoms with Crippen molar-refractivity contribution in [1.29, 1.82) is 0 Å². The topological polar surface area (TPSA) is 43.8 Å². The minimum absolute atomic E-state index is 0.0738. The van der Waals surface area contributed by atoms with Crippen LogP contribution in [0.5, 0.6) is 0 Å². The van der Waals surface area contributed by atoms with E-state index in [1.54, 1.807) is 0 Å². The van der Waals surface area contributed by atoms with Crippen molar-refractivity contribution in [3.63, 3.8) is 0 Å². The number of nitrogens with two attached hydrogens (primary N) is 1. The molecule has 0 saturated heterocycles. The van der Waals surface area contributed by atoms with Gasteiger partial charge in [0.1, 0.15) is 0 Å². The lowest BCUT2D eigenvalue weighted by Gasteiger charge is -2.21. The Morgan fingerprint density at radius 3 is 3.15 bits per heavy atom. The molecule has 13 heavy (non-hydrogen) atoms. The highest BCUT2D eigenvalue weighted by atomic mass is 15.1. The maximum Gasteiger partial charge on any atom is 0.0952 e. The van der Waals surface area contributed by atoms with Crippen molar-refractivity contribution in [2.75, 3.05) is 0 Å². The van der Waals surface area contributed by atoms with Crippen molar-refractivity contribution in [2.24, 2.45) is 11.7 Å². The highest BCUT2D eigenvalue weighted by Crippen LogP contribution is 2.24. The Morgan fingerprint density at radius 2 is 2.46 bits per heavy atom. The molecule has 2 atom stereocenters. The summed E-state index contributed by atoms with van der Waals surface area (Å²) < 4.78 is 2.26. The summed E-state index contributed by atoms with van der Waals surface area (Å²) in [5.74, 6) is 0.780. The maximum atomic E-state index is 5.84. The molecule has 1 aromatic rings. The molecule has 0 fully saturated rings. The van der Waals surface area contributed by atoms with Gasteiger partial charge >= 0.3 is 0 Å². The molecule has 0 aromatic carbocycles. The van der Waals surface area contributed by atoms with Crippen LogP contribution in [0.3, 0.4) is 0 Å². The zero-order valence-corrected chi connectivity index (χ0v) is 8.33. The van der Waals surface area contributed by atoms with E-state index in [-0.39, 0.29) is 6.04 Å². The van der Waals surface area contributed by atoms with Gasteiger partial charge in [0.05, 0.1) is 12.0 Å². The van der Waals surface area contributed by atoms with Gasteiger partial charge in [-0.1, -0.05) is 6.92 Å². The average Bonchev–Trinajstić information content (AvgIpc) is 2.46. The number of fused-ring (bicyclic) bond motifs is 1. The van der Waals surface area contributed by atoms with Crippen molar-refractivity contribution in [1.82, 2.24) is 9.55 Å². The number of hydrogen-bond acceptors (Lipinski definition) is 2. The molecule has 2 rings (SSSR count). The van der Waals surface area contributed by atoms with Crippen LogP contribution in [0.15, 0.2) is 6.33 Å². The normalized spacial score (nSPS) is 24.1. The standard InChI is InChI=1S/C10H17N3/c1-7-3-4-9-10(8(2)11)12-6-13(9)5-7/h6-8H,3-5,11H2,1-2H3. The molecule has 2 N–H and O–H groups in total. The fourth-order valence-corrected chi connectivity index (χ4v) is 2.04. The third-order valence-corrected chi connectivity index (χ3v) is 2.79. The average molecular weight is 179 g/mol. The third kappa shape index (κ3) is 1.48. The Hall–Kier alpha value is -0.830. The summed E-state index contributed by atoms with van der Waals surface area (Å²) in [5, 5.41) is 0. The smallest absolute Gasteiger partial charge is 0.0952 e. The zero-order valence-electron chi connectivity index (χ0n) is 8.33. The molecule has 0 saturated carbocycles. The minimum Gasteiger partial charge on any atom is -0.334 e. The van der Waals surface area contributed by atoms with Crippen molar-refractivity contribution in [2.45, 2.75) is 39.3 Å². The molecule has 3 heteroatoms. The molecule has 72 valence electrons. The fraction of sp³-hybridized carbons (Fsp3) is 0.700. The number of hydrogen-bond donors (Lipinski definition) is 1. The molecule has 0 spiro atoms. The molecule has 1 aliphatic heterocycles. The lowest BCUT2D eigenvalue weighted by Crippen LogP contribution is -2.19. The Morgan fingerprint density at radius 1 is 1.69 bits per heavy atom. The third-order valence-electron chi connectivity index (χ3n) is 2.79. The molecule has 1 aliphatic rings. The molecular formula is C10H17N3. The van der Waals surface area contributed by atoms with Gasteiger partial charge in [0, 0.05) is 18.3 Å². The highest BCUT2D eigenvalue weighted by molar-refractivity contribution is 5.18. The molecule has 2 unspecified atom stereocenters. The summed E-state index contributed by atoms with van der Waals surface area (Å²) in [6.45, 7) is 5.39. The fourth-order valence-electron chi connectivity index (χ4n) is 2.04. The zero-order chi connectivity index (χ0) is 9.42. The van der Waals surface area contributed by atoms with Gasteiger partial charge in [-0.2, -0.15) is 0 Å². The van der Waals surface area contributed by atoms with E-state index in [0.29, 0.717) is 0 Å². The van der Waals surface area contributed by atoms with E-state index >= 15 is 0 Å². The highest BCUT2D eigenvalue weighted by Gasteiger charge is 2.20. The summed E-state index contributed by atoms with van der Waals surface area (Å²) in [5.41, 5.74) is 8.29. The van der Waals surface area contributed by atoms with Crippen LogP contribution in [0.2, 0.25) is 0 Å². The second-order valence-electron chi connectivity index (χ2n) is 4.16. The number of aromatic nitrogens is 2. The van der Waals surface area contributed by atoms with Crippen molar-refractivity contribution < 1.29 is 0 Å². The molecular weight excluding hydrogens is 162 g/mol. The lowest BCUT2D eigenvalue weighted by molar-refractivity contribution is 0.397. The predicted octanol–water partition coefficient (Wildman–Crippen LogP) is 1.49. The van der Waals surface area contributed by atoms with E-state index in [1.165, 1.54) is 12.1 Å². The van der Waals surface area contributed by atoms with E-state index in [0.717, 1.165) is 24.6 Å². The van der Waals surface area contributed by atoms with E-state index in [2.05, 4.69) is 16.5 Å². The molecule has 0 bridgehead atoms. The van der Waals surface area contributed by atoms with Crippen LogP contribution in [-0.4, -0.2) is 9.55 Å². The maximum absolute atomic E-state index is 5.84. The van der Waals surface area contributed by atoms with Gasteiger partial charge in [-0.15, -0.1) is 0 Å². The van der Waals surface area contributed by atoms with Crippen molar-refractivity contribution in [3.8, 4) is 0 Å². The summed E-state index contributed by atoms with van der Waals surface area (Å²) in [6, 6.07) is 0.0738. The Labute approximate surface area is 79.0 Å². The van der Waals surface area contributed by atoms with E-state index < -0.39 is 0 Å². The first-order chi connectivity index (χ1) is 6.18. The molecule has 0 radical (unpaired) electrons. The quantitative estimate of drug-likeness (QED) is 0.709. The van der Waals surface area contributed by atoms with Gasteiger partial charge in [0.15, 0.2) is 0 Å². The van der Waals surface area contributed by atoms with Crippen LogP contribution < -0.4 is 5.73 Å². The summed E-state index contributed by atoms with van der Waals surface area (Å²) in [6.07, 6.45) is 4.34. The Bertz CT molecular complexity index is 301. The monoisotopic (exact) mass is 179 g/mol. The van der Waals surface area contributed by atoms with Gasteiger partial charge in [-0.25, -0.2) is 4.98 Å².